The highest BCUT2D eigenvalue weighted by Crippen LogP contribution is 2.37. The molecule has 1 atom stereocenters. The molecule has 0 aliphatic carbocycles. The number of rotatable bonds is 5. The molecule has 8 heteroatoms. The van der Waals surface area contributed by atoms with Crippen LogP contribution in [0, 0.1) is 5.92 Å². The van der Waals surface area contributed by atoms with E-state index >= 15 is 0 Å². The summed E-state index contributed by atoms with van der Waals surface area (Å²) in [6.07, 6.45) is 0. The quantitative estimate of drug-likeness (QED) is 0.828. The Morgan fingerprint density at radius 3 is 2.74 bits per heavy atom. The van der Waals surface area contributed by atoms with Crippen molar-refractivity contribution in [3.05, 3.63) is 18.2 Å². The molecule has 1 aromatic carbocycles. The molecule has 1 unspecified atom stereocenters. The second-order valence-corrected chi connectivity index (χ2v) is 7.37. The second-order valence-electron chi connectivity index (χ2n) is 4.51. The average Bonchev–Trinajstić information content (AvgIpc) is 2.83. The smallest absolute Gasteiger partial charge is 0.207 e. The molecule has 104 valence electrons. The summed E-state index contributed by atoms with van der Waals surface area (Å²) >= 11 is 4.34. The van der Waals surface area contributed by atoms with E-state index in [1.807, 2.05) is 13.8 Å². The van der Waals surface area contributed by atoms with Crippen LogP contribution in [0.4, 0.5) is 11.4 Å². The Labute approximate surface area is 124 Å². The molecule has 0 fully saturated rings. The summed E-state index contributed by atoms with van der Waals surface area (Å²) in [6, 6.07) is 4.82. The predicted octanol–water partition coefficient (Wildman–Crippen LogP) is 3.11. The number of benzene rings is 1. The zero-order chi connectivity index (χ0) is 14.0. The third kappa shape index (κ3) is 3.13. The van der Waals surface area contributed by atoms with E-state index < -0.39 is 10.0 Å². The molecular weight excluding hydrogens is 350 g/mol. The number of halogens is 1. The van der Waals surface area contributed by atoms with Crippen LogP contribution < -0.4 is 4.72 Å². The summed E-state index contributed by atoms with van der Waals surface area (Å²) in [4.78, 5) is 0.186. The van der Waals surface area contributed by atoms with Gasteiger partial charge in [0, 0.05) is 11.4 Å². The molecule has 0 bridgehead atoms. The SMILES string of the molecule is CC(C)C(CBr)NS(=O)(=O)c1cccc2c1N=S=N2. The highest BCUT2D eigenvalue weighted by Gasteiger charge is 2.26. The van der Waals surface area contributed by atoms with E-state index in [9.17, 15) is 8.42 Å². The zero-order valence-corrected chi connectivity index (χ0v) is 13.7. The molecule has 0 radical (unpaired) electrons. The van der Waals surface area contributed by atoms with Gasteiger partial charge in [-0.1, -0.05) is 35.8 Å². The Kier molecular flexibility index (Phi) is 4.54. The predicted molar refractivity (Wildman–Crippen MR) is 80.7 cm³/mol. The highest BCUT2D eigenvalue weighted by molar-refractivity contribution is 9.09. The largest absolute Gasteiger partial charge is 0.243 e. The Bertz CT molecular complexity index is 652. The molecular formula is C11H14BrN3O2S2. The lowest BCUT2D eigenvalue weighted by Crippen LogP contribution is -2.39. The van der Waals surface area contributed by atoms with Crippen molar-refractivity contribution in [3.63, 3.8) is 0 Å². The normalized spacial score (nSPS) is 15.4. The lowest BCUT2D eigenvalue weighted by atomic mass is 10.1. The average molecular weight is 364 g/mol. The van der Waals surface area contributed by atoms with Gasteiger partial charge in [0.2, 0.25) is 10.0 Å². The molecule has 2 rings (SSSR count). The van der Waals surface area contributed by atoms with Crippen molar-refractivity contribution < 1.29 is 8.42 Å². The summed E-state index contributed by atoms with van der Waals surface area (Å²) in [5, 5.41) is 0.565. The monoisotopic (exact) mass is 363 g/mol. The van der Waals surface area contributed by atoms with E-state index in [1.165, 1.54) is 0 Å². The van der Waals surface area contributed by atoms with E-state index in [-0.39, 0.29) is 16.9 Å². The minimum Gasteiger partial charge on any atom is -0.207 e. The number of nitrogens with zero attached hydrogens (tertiary/aromatic N) is 2. The maximum absolute atomic E-state index is 12.4. The molecule has 0 amide bonds. The van der Waals surface area contributed by atoms with Crippen LogP contribution in [0.3, 0.4) is 0 Å². The Morgan fingerprint density at radius 1 is 1.37 bits per heavy atom. The van der Waals surface area contributed by atoms with E-state index in [0.29, 0.717) is 16.7 Å². The number of sulfonamides is 1. The van der Waals surface area contributed by atoms with Gasteiger partial charge in [-0.15, -0.1) is 0 Å². The van der Waals surface area contributed by atoms with Crippen LogP contribution in [0.5, 0.6) is 0 Å². The first-order valence-corrected chi connectivity index (χ1v) is 9.09. The van der Waals surface area contributed by atoms with E-state index in [1.54, 1.807) is 18.2 Å². The van der Waals surface area contributed by atoms with Gasteiger partial charge in [-0.25, -0.2) is 13.1 Å². The molecule has 0 spiro atoms. The highest BCUT2D eigenvalue weighted by atomic mass is 79.9. The maximum Gasteiger partial charge on any atom is 0.243 e. The van der Waals surface area contributed by atoms with Gasteiger partial charge in [0.15, 0.2) is 0 Å². The molecule has 1 N–H and O–H groups in total. The van der Waals surface area contributed by atoms with Gasteiger partial charge in [-0.05, 0) is 18.1 Å². The van der Waals surface area contributed by atoms with E-state index in [4.69, 9.17) is 0 Å². The van der Waals surface area contributed by atoms with Crippen molar-refractivity contribution in [1.82, 2.24) is 4.72 Å². The zero-order valence-electron chi connectivity index (χ0n) is 10.5. The van der Waals surface area contributed by atoms with Crippen LogP contribution in [0.25, 0.3) is 0 Å². The Balaban J connectivity index is 2.36. The maximum atomic E-state index is 12.4. The van der Waals surface area contributed by atoms with Gasteiger partial charge in [-0.2, -0.15) is 8.73 Å². The summed E-state index contributed by atoms with van der Waals surface area (Å²) < 4.78 is 35.7. The second kappa shape index (κ2) is 5.82. The molecule has 0 saturated carbocycles. The molecule has 0 saturated heterocycles. The Morgan fingerprint density at radius 2 is 2.11 bits per heavy atom. The molecule has 5 nitrogen and oxygen atoms in total. The first kappa shape index (κ1) is 14.8. The lowest BCUT2D eigenvalue weighted by molar-refractivity contribution is 0.484. The third-order valence-electron chi connectivity index (χ3n) is 2.82. The summed E-state index contributed by atoms with van der Waals surface area (Å²) in [5.41, 5.74) is 1.03. The van der Waals surface area contributed by atoms with Crippen molar-refractivity contribution >= 4 is 48.7 Å². The van der Waals surface area contributed by atoms with Crippen molar-refractivity contribution in [2.24, 2.45) is 14.6 Å². The van der Waals surface area contributed by atoms with Crippen LogP contribution in [-0.4, -0.2) is 19.8 Å². The van der Waals surface area contributed by atoms with Crippen LogP contribution >= 0.6 is 15.9 Å². The molecule has 1 aliphatic rings. The summed E-state index contributed by atoms with van der Waals surface area (Å²) in [7, 11) is -3.59. The fourth-order valence-corrected chi connectivity index (χ4v) is 4.88. The number of fused-ring (bicyclic) bond motifs is 1. The fraction of sp³-hybridized carbons (Fsp3) is 0.455. The molecule has 0 aromatic heterocycles. The van der Waals surface area contributed by atoms with Gasteiger partial charge >= 0.3 is 0 Å². The fourth-order valence-electron chi connectivity index (χ4n) is 1.61. The van der Waals surface area contributed by atoms with Gasteiger partial charge in [0.05, 0.1) is 11.4 Å². The van der Waals surface area contributed by atoms with Crippen LogP contribution in [0.1, 0.15) is 13.8 Å². The van der Waals surface area contributed by atoms with Crippen LogP contribution in [0.2, 0.25) is 0 Å². The van der Waals surface area contributed by atoms with Gasteiger partial charge < -0.3 is 0 Å². The summed E-state index contributed by atoms with van der Waals surface area (Å²) in [6.45, 7) is 3.94. The third-order valence-corrected chi connectivity index (χ3v) is 5.58. The van der Waals surface area contributed by atoms with Crippen molar-refractivity contribution in [3.8, 4) is 0 Å². The van der Waals surface area contributed by atoms with Crippen molar-refractivity contribution in [2.45, 2.75) is 24.8 Å². The van der Waals surface area contributed by atoms with Crippen LogP contribution in [0.15, 0.2) is 31.8 Å². The number of nitrogens with one attached hydrogen (secondary N) is 1. The molecule has 1 aromatic rings. The number of hydrogen-bond acceptors (Lipinski definition) is 4. The molecule has 1 aliphatic heterocycles. The van der Waals surface area contributed by atoms with E-state index in [0.717, 1.165) is 11.4 Å². The minimum atomic E-state index is -3.59. The topological polar surface area (TPSA) is 70.9 Å². The number of hydrogen-bond donors (Lipinski definition) is 1. The first-order chi connectivity index (χ1) is 8.95. The molecule has 1 heterocycles. The van der Waals surface area contributed by atoms with Crippen molar-refractivity contribution in [2.75, 3.05) is 5.33 Å². The lowest BCUT2D eigenvalue weighted by Gasteiger charge is -2.20. The van der Waals surface area contributed by atoms with E-state index in [2.05, 4.69) is 29.4 Å². The number of alkyl halides is 1. The summed E-state index contributed by atoms with van der Waals surface area (Å²) in [5.74, 6) is 0.196. The molecule has 19 heavy (non-hydrogen) atoms. The van der Waals surface area contributed by atoms with Gasteiger partial charge in [0.25, 0.3) is 0 Å². The first-order valence-electron chi connectivity index (χ1n) is 5.75. The van der Waals surface area contributed by atoms with Crippen LogP contribution in [-0.2, 0) is 21.4 Å². The minimum absolute atomic E-state index is 0.160. The Hall–Kier alpha value is -0.570. The van der Waals surface area contributed by atoms with Crippen molar-refractivity contribution in [1.29, 1.82) is 0 Å². The standard InChI is InChI=1S/C11H14BrN3O2S2/c1-7(2)9(6-12)15-19(16,17)10-5-3-4-8-11(10)14-18-13-8/h3-5,7,9,15H,6H2,1-2H3. The van der Waals surface area contributed by atoms with Gasteiger partial charge in [0.1, 0.15) is 16.3 Å². The van der Waals surface area contributed by atoms with Gasteiger partial charge in [-0.3, -0.25) is 0 Å².